The SMILES string of the molecule is CC(F)(c1ccc2c(c1)CCC1N(C(=O)C3CCC(C(=O)O)CC3)CCCC21Cc1ccccc1)C(F)(F)F. The minimum Gasteiger partial charge on any atom is -0.481 e. The lowest BCUT2D eigenvalue weighted by Crippen LogP contribution is -2.60. The summed E-state index contributed by atoms with van der Waals surface area (Å²) in [5, 5.41) is 9.37. The summed E-state index contributed by atoms with van der Waals surface area (Å²) >= 11 is 0. The Morgan fingerprint density at radius 1 is 0.974 bits per heavy atom. The fraction of sp³-hybridized carbons (Fsp3) is 0.548. The van der Waals surface area contributed by atoms with Crippen molar-refractivity contribution in [3.63, 3.8) is 0 Å². The van der Waals surface area contributed by atoms with Gasteiger partial charge in [0, 0.05) is 23.9 Å². The van der Waals surface area contributed by atoms with Crippen LogP contribution in [0.3, 0.4) is 0 Å². The molecule has 0 spiro atoms. The molecule has 1 N–H and O–H groups in total. The highest BCUT2D eigenvalue weighted by molar-refractivity contribution is 5.80. The van der Waals surface area contributed by atoms with Gasteiger partial charge in [0.25, 0.3) is 0 Å². The summed E-state index contributed by atoms with van der Waals surface area (Å²) in [6.07, 6.45) is 0.292. The second-order valence-electron chi connectivity index (χ2n) is 11.8. The molecular weight excluding hydrogens is 510 g/mol. The van der Waals surface area contributed by atoms with E-state index in [0.717, 1.165) is 29.5 Å². The Morgan fingerprint density at radius 2 is 1.64 bits per heavy atom. The van der Waals surface area contributed by atoms with Crippen molar-refractivity contribution in [2.24, 2.45) is 11.8 Å². The minimum atomic E-state index is -5.02. The molecule has 2 aromatic carbocycles. The molecule has 8 heteroatoms. The summed E-state index contributed by atoms with van der Waals surface area (Å²) in [4.78, 5) is 27.3. The lowest BCUT2D eigenvalue weighted by atomic mass is 9.59. The molecule has 3 aliphatic rings. The van der Waals surface area contributed by atoms with Crippen LogP contribution in [-0.4, -0.2) is 40.6 Å². The van der Waals surface area contributed by atoms with E-state index in [2.05, 4.69) is 0 Å². The van der Waals surface area contributed by atoms with E-state index in [-0.39, 0.29) is 23.4 Å². The number of aliphatic carboxylic acids is 1. The second-order valence-corrected chi connectivity index (χ2v) is 11.8. The quantitative estimate of drug-likeness (QED) is 0.424. The number of aryl methyl sites for hydroxylation is 1. The predicted octanol–water partition coefficient (Wildman–Crippen LogP) is 6.74. The molecule has 0 radical (unpaired) electrons. The van der Waals surface area contributed by atoms with Crippen molar-refractivity contribution in [3.8, 4) is 0 Å². The highest BCUT2D eigenvalue weighted by Gasteiger charge is 2.55. The fourth-order valence-corrected chi connectivity index (χ4v) is 7.31. The van der Waals surface area contributed by atoms with Gasteiger partial charge in [0.05, 0.1) is 5.92 Å². The number of alkyl halides is 4. The molecule has 5 rings (SSSR count). The molecule has 1 saturated heterocycles. The molecule has 210 valence electrons. The zero-order valence-corrected chi connectivity index (χ0v) is 22.1. The molecule has 3 atom stereocenters. The molecule has 1 saturated carbocycles. The van der Waals surface area contributed by atoms with Crippen molar-refractivity contribution < 1.29 is 32.3 Å². The molecule has 0 aromatic heterocycles. The van der Waals surface area contributed by atoms with Crippen molar-refractivity contribution in [1.82, 2.24) is 4.90 Å². The average molecular weight is 546 g/mol. The van der Waals surface area contributed by atoms with Gasteiger partial charge in [-0.2, -0.15) is 13.2 Å². The topological polar surface area (TPSA) is 57.6 Å². The van der Waals surface area contributed by atoms with Gasteiger partial charge in [-0.1, -0.05) is 48.5 Å². The highest BCUT2D eigenvalue weighted by Crippen LogP contribution is 2.51. The van der Waals surface area contributed by atoms with Crippen LogP contribution in [0.4, 0.5) is 17.6 Å². The summed E-state index contributed by atoms with van der Waals surface area (Å²) in [6.45, 7) is 1.18. The van der Waals surface area contributed by atoms with Crippen molar-refractivity contribution in [2.75, 3.05) is 6.54 Å². The summed E-state index contributed by atoms with van der Waals surface area (Å²) in [5.41, 5.74) is -1.61. The molecular formula is C31H35F4NO3. The number of nitrogens with zero attached hydrogens (tertiary/aromatic N) is 1. The minimum absolute atomic E-state index is 0.0643. The third-order valence-electron chi connectivity index (χ3n) is 9.51. The number of piperidine rings is 1. The Balaban J connectivity index is 1.51. The Hall–Kier alpha value is -2.90. The number of fused-ring (bicyclic) bond motifs is 3. The van der Waals surface area contributed by atoms with Gasteiger partial charge in [-0.25, -0.2) is 4.39 Å². The largest absolute Gasteiger partial charge is 0.481 e. The van der Waals surface area contributed by atoms with Crippen molar-refractivity contribution in [3.05, 3.63) is 70.8 Å². The Kier molecular flexibility index (Phi) is 7.27. The first-order chi connectivity index (χ1) is 18.4. The number of amides is 1. The molecule has 1 aliphatic heterocycles. The van der Waals surface area contributed by atoms with Crippen LogP contribution in [-0.2, 0) is 33.5 Å². The van der Waals surface area contributed by atoms with Gasteiger partial charge in [0.15, 0.2) is 0 Å². The molecule has 2 aromatic rings. The van der Waals surface area contributed by atoms with Crippen LogP contribution < -0.4 is 0 Å². The molecule has 0 bridgehead atoms. The van der Waals surface area contributed by atoms with Crippen LogP contribution in [0, 0.1) is 11.8 Å². The summed E-state index contributed by atoms with van der Waals surface area (Å²) in [7, 11) is 0. The summed E-state index contributed by atoms with van der Waals surface area (Å²) < 4.78 is 55.5. The Labute approximate surface area is 226 Å². The summed E-state index contributed by atoms with van der Waals surface area (Å²) in [5.74, 6) is -1.36. The smallest absolute Gasteiger partial charge is 0.426 e. The average Bonchev–Trinajstić information content (AvgIpc) is 2.91. The maximum atomic E-state index is 14.9. The van der Waals surface area contributed by atoms with Gasteiger partial charge >= 0.3 is 12.1 Å². The monoisotopic (exact) mass is 545 g/mol. The van der Waals surface area contributed by atoms with Crippen molar-refractivity contribution in [2.45, 2.75) is 88.0 Å². The number of carboxylic acid groups (broad SMARTS) is 1. The third-order valence-corrected chi connectivity index (χ3v) is 9.51. The zero-order valence-electron chi connectivity index (χ0n) is 22.1. The van der Waals surface area contributed by atoms with Crippen molar-refractivity contribution in [1.29, 1.82) is 0 Å². The third kappa shape index (κ3) is 4.95. The summed E-state index contributed by atoms with van der Waals surface area (Å²) in [6, 6.07) is 14.1. The van der Waals surface area contributed by atoms with Gasteiger partial charge < -0.3 is 10.0 Å². The van der Waals surface area contributed by atoms with Crippen LogP contribution in [0.5, 0.6) is 0 Å². The maximum Gasteiger partial charge on any atom is 0.426 e. The first-order valence-electron chi connectivity index (χ1n) is 13.9. The predicted molar refractivity (Wildman–Crippen MR) is 139 cm³/mol. The van der Waals surface area contributed by atoms with E-state index in [0.29, 0.717) is 58.4 Å². The van der Waals surface area contributed by atoms with E-state index >= 15 is 0 Å². The number of likely N-dealkylation sites (tertiary alicyclic amines) is 1. The number of halogens is 4. The van der Waals surface area contributed by atoms with E-state index in [4.69, 9.17) is 0 Å². The normalized spacial score (nSPS) is 28.6. The first-order valence-corrected chi connectivity index (χ1v) is 13.9. The van der Waals surface area contributed by atoms with E-state index in [1.807, 2.05) is 35.2 Å². The highest BCUT2D eigenvalue weighted by atomic mass is 19.4. The molecule has 3 unspecified atom stereocenters. The van der Waals surface area contributed by atoms with Crippen LogP contribution in [0.25, 0.3) is 0 Å². The maximum absolute atomic E-state index is 14.9. The molecule has 1 amide bonds. The second kappa shape index (κ2) is 10.3. The van der Waals surface area contributed by atoms with Crippen LogP contribution in [0.15, 0.2) is 48.5 Å². The lowest BCUT2D eigenvalue weighted by molar-refractivity contribution is -0.228. The van der Waals surface area contributed by atoms with Gasteiger partial charge in [-0.05, 0) is 87.0 Å². The van der Waals surface area contributed by atoms with E-state index in [1.165, 1.54) is 12.1 Å². The van der Waals surface area contributed by atoms with E-state index < -0.39 is 29.1 Å². The lowest BCUT2D eigenvalue weighted by Gasteiger charge is -2.54. The van der Waals surface area contributed by atoms with E-state index in [9.17, 15) is 32.3 Å². The number of carbonyl (C=O) groups is 2. The standard InChI is InChI=1S/C31H35F4NO3/c1-29(32,31(33,34)35)24-13-14-25-23(18-24)12-15-26-30(25,19-20-6-3-2-4-7-20)16-5-17-36(26)27(37)21-8-10-22(11-9-21)28(38)39/h2-4,6-7,13-14,18,21-22,26H,5,8-12,15-17,19H2,1H3,(H,38,39). The van der Waals surface area contributed by atoms with Crippen LogP contribution >= 0.6 is 0 Å². The molecule has 4 nitrogen and oxygen atoms in total. The molecule has 1 heterocycles. The van der Waals surface area contributed by atoms with Gasteiger partial charge in [-0.3, -0.25) is 9.59 Å². The number of hydrogen-bond donors (Lipinski definition) is 1. The number of hydrogen-bond acceptors (Lipinski definition) is 2. The van der Waals surface area contributed by atoms with Gasteiger partial charge in [0.2, 0.25) is 11.6 Å². The number of carbonyl (C=O) groups excluding carboxylic acids is 1. The first kappa shape index (κ1) is 27.7. The van der Waals surface area contributed by atoms with E-state index in [1.54, 1.807) is 6.07 Å². The zero-order chi connectivity index (χ0) is 28.0. The Bertz CT molecular complexity index is 1220. The number of rotatable bonds is 5. The molecule has 39 heavy (non-hydrogen) atoms. The van der Waals surface area contributed by atoms with Crippen LogP contribution in [0.2, 0.25) is 0 Å². The molecule has 2 fully saturated rings. The van der Waals surface area contributed by atoms with Crippen LogP contribution in [0.1, 0.15) is 74.1 Å². The fourth-order valence-electron chi connectivity index (χ4n) is 7.31. The van der Waals surface area contributed by atoms with Crippen molar-refractivity contribution >= 4 is 11.9 Å². The molecule has 2 aliphatic carbocycles. The van der Waals surface area contributed by atoms with Gasteiger partial charge in [0.1, 0.15) is 0 Å². The number of carboxylic acids is 1. The Morgan fingerprint density at radius 3 is 2.28 bits per heavy atom. The van der Waals surface area contributed by atoms with Gasteiger partial charge in [-0.15, -0.1) is 0 Å². The number of benzene rings is 2.